The Kier molecular flexibility index (Phi) is 7.05. The van der Waals surface area contributed by atoms with Crippen LogP contribution in [0.4, 0.5) is 4.39 Å². The zero-order valence-electron chi connectivity index (χ0n) is 22.4. The summed E-state index contributed by atoms with van der Waals surface area (Å²) < 4.78 is 24.6. The smallest absolute Gasteiger partial charge is 0.257 e. The Morgan fingerprint density at radius 3 is 2.43 bits per heavy atom. The zero-order valence-corrected chi connectivity index (χ0v) is 23.9. The van der Waals surface area contributed by atoms with Crippen molar-refractivity contribution in [1.29, 1.82) is 0 Å². The number of aryl methyl sites for hydroxylation is 1. The van der Waals surface area contributed by atoms with Crippen molar-refractivity contribution in [3.05, 3.63) is 116 Å². The van der Waals surface area contributed by atoms with Crippen molar-refractivity contribution in [1.82, 2.24) is 19.7 Å². The molecule has 3 N–H and O–H groups in total. The van der Waals surface area contributed by atoms with Crippen molar-refractivity contribution in [2.45, 2.75) is 31.2 Å². The van der Waals surface area contributed by atoms with Gasteiger partial charge in [-0.2, -0.15) is 5.10 Å². The number of aliphatic hydroxyl groups excluding tert-OH is 1. The summed E-state index contributed by atoms with van der Waals surface area (Å²) in [5.41, 5.74) is 4.39. The second-order valence-electron chi connectivity index (χ2n) is 10.7. The molecule has 0 bridgehead atoms. The fourth-order valence-corrected chi connectivity index (χ4v) is 5.64. The van der Waals surface area contributed by atoms with Gasteiger partial charge in [0.05, 0.1) is 46.6 Å². The molecule has 1 unspecified atom stereocenters. The minimum atomic E-state index is -1.81. The van der Waals surface area contributed by atoms with Gasteiger partial charge in [-0.15, -0.1) is 0 Å². The number of fused-ring (bicyclic) bond motifs is 1. The molecule has 9 nitrogen and oxygen atoms in total. The minimum Gasteiger partial charge on any atom is -0.384 e. The van der Waals surface area contributed by atoms with Crippen molar-refractivity contribution in [3.63, 3.8) is 0 Å². The number of pyridine rings is 1. The minimum absolute atomic E-state index is 0.000718. The molecule has 3 heterocycles. The number of hydrogen-bond donors (Lipinski definition) is 2. The monoisotopic (exact) mass is 609 g/mol. The number of aliphatic hydroxyl groups is 1. The maximum Gasteiger partial charge on any atom is 0.257 e. The van der Waals surface area contributed by atoms with Crippen molar-refractivity contribution in [3.8, 4) is 0 Å². The summed E-state index contributed by atoms with van der Waals surface area (Å²) >= 11 is 12.3. The largest absolute Gasteiger partial charge is 0.384 e. The lowest BCUT2D eigenvalue weighted by Crippen LogP contribution is -2.48. The van der Waals surface area contributed by atoms with E-state index in [-0.39, 0.29) is 29.8 Å². The molecule has 1 aliphatic carbocycles. The van der Waals surface area contributed by atoms with E-state index in [4.69, 9.17) is 33.7 Å². The lowest BCUT2D eigenvalue weighted by atomic mass is 9.90. The standard InChI is InChI=1S/C30H26Cl2FN5O4/c1-37-14-18(12-36-37)26(39)17-10-23-25(24(33)11-17)30(19-2-4-20(31)5-3-19,42-16-29(8-9-29)28(34)41)38(27(23)40)15-22-7-6-21(32)13-35-22/h2-7,10-14,26,39H,8-9,15-16H2,1H3,(H2,34,41)/t26?,30-/m1/s1. The molecule has 2 aromatic carbocycles. The van der Waals surface area contributed by atoms with Crippen LogP contribution >= 0.6 is 23.2 Å². The van der Waals surface area contributed by atoms with Crippen LogP contribution in [0.15, 0.2) is 67.1 Å². The van der Waals surface area contributed by atoms with Gasteiger partial charge in [0, 0.05) is 35.6 Å². The summed E-state index contributed by atoms with van der Waals surface area (Å²) in [6, 6.07) is 12.5. The number of rotatable bonds is 9. The van der Waals surface area contributed by atoms with Crippen molar-refractivity contribution >= 4 is 35.0 Å². The van der Waals surface area contributed by atoms with Crippen LogP contribution in [0, 0.1) is 11.2 Å². The summed E-state index contributed by atoms with van der Waals surface area (Å²) in [6.45, 7) is -0.238. The highest BCUT2D eigenvalue weighted by molar-refractivity contribution is 6.30. The summed E-state index contributed by atoms with van der Waals surface area (Å²) in [6.07, 6.45) is 4.31. The molecule has 1 saturated carbocycles. The number of carbonyl (C=O) groups excluding carboxylic acids is 2. The maximum absolute atomic E-state index is 16.5. The van der Waals surface area contributed by atoms with E-state index in [1.165, 1.54) is 34.1 Å². The van der Waals surface area contributed by atoms with E-state index < -0.39 is 34.9 Å². The highest BCUT2D eigenvalue weighted by Gasteiger charge is 2.58. The third-order valence-electron chi connectivity index (χ3n) is 7.94. The van der Waals surface area contributed by atoms with Crippen LogP contribution in [0.5, 0.6) is 0 Å². The quantitative estimate of drug-likeness (QED) is 0.288. The first-order valence-corrected chi connectivity index (χ1v) is 13.9. The van der Waals surface area contributed by atoms with Gasteiger partial charge in [0.25, 0.3) is 5.91 Å². The average molecular weight is 610 g/mol. The van der Waals surface area contributed by atoms with Gasteiger partial charge in [0.15, 0.2) is 5.72 Å². The number of amides is 2. The van der Waals surface area contributed by atoms with E-state index in [9.17, 15) is 14.7 Å². The first-order valence-electron chi connectivity index (χ1n) is 13.2. The fourth-order valence-electron chi connectivity index (χ4n) is 5.41. The van der Waals surface area contributed by atoms with E-state index in [2.05, 4.69) is 10.1 Å². The Hall–Kier alpha value is -3.83. The number of nitrogens with zero attached hydrogens (tertiary/aromatic N) is 4. The SMILES string of the molecule is Cn1cc(C(O)c2cc(F)c3c(c2)C(=O)N(Cc2ccc(Cl)cn2)[C@@]3(OCC2(C(N)=O)CC2)c2ccc(Cl)cc2)cn1. The lowest BCUT2D eigenvalue weighted by Gasteiger charge is -2.40. The van der Waals surface area contributed by atoms with Crippen molar-refractivity contribution < 1.29 is 23.8 Å². The molecule has 2 aromatic heterocycles. The molecule has 2 atom stereocenters. The van der Waals surface area contributed by atoms with Crippen LogP contribution in [-0.4, -0.2) is 43.2 Å². The summed E-state index contributed by atoms with van der Waals surface area (Å²) in [4.78, 5) is 32.3. The van der Waals surface area contributed by atoms with E-state index >= 15 is 4.39 Å². The molecule has 0 spiro atoms. The second-order valence-corrected chi connectivity index (χ2v) is 11.6. The maximum atomic E-state index is 16.5. The van der Waals surface area contributed by atoms with Gasteiger partial charge in [-0.05, 0) is 54.8 Å². The summed E-state index contributed by atoms with van der Waals surface area (Å²) in [7, 11) is 1.70. The summed E-state index contributed by atoms with van der Waals surface area (Å²) in [5.74, 6) is -1.86. The molecule has 1 aliphatic heterocycles. The Balaban J connectivity index is 1.55. The number of carbonyl (C=O) groups is 2. The number of halogens is 3. The Labute approximate surface area is 250 Å². The molecule has 6 rings (SSSR count). The third kappa shape index (κ3) is 4.74. The molecule has 0 radical (unpaired) electrons. The topological polar surface area (TPSA) is 124 Å². The van der Waals surface area contributed by atoms with Crippen LogP contribution in [0.2, 0.25) is 10.0 Å². The second kappa shape index (κ2) is 10.5. The number of benzene rings is 2. The van der Waals surface area contributed by atoms with Gasteiger partial charge in [-0.1, -0.05) is 35.3 Å². The van der Waals surface area contributed by atoms with E-state index in [1.807, 2.05) is 0 Å². The van der Waals surface area contributed by atoms with Crippen LogP contribution in [0.3, 0.4) is 0 Å². The predicted octanol–water partition coefficient (Wildman–Crippen LogP) is 4.48. The van der Waals surface area contributed by atoms with E-state index in [0.29, 0.717) is 39.7 Å². The van der Waals surface area contributed by atoms with Gasteiger partial charge < -0.3 is 15.6 Å². The Morgan fingerprint density at radius 2 is 1.83 bits per heavy atom. The van der Waals surface area contributed by atoms with Crippen LogP contribution < -0.4 is 5.73 Å². The molecule has 1 fully saturated rings. The third-order valence-corrected chi connectivity index (χ3v) is 8.42. The molecule has 12 heteroatoms. The fraction of sp³-hybridized carbons (Fsp3) is 0.267. The molecule has 4 aromatic rings. The van der Waals surface area contributed by atoms with Crippen LogP contribution in [0.1, 0.15) is 57.3 Å². The van der Waals surface area contributed by atoms with Gasteiger partial charge in [-0.25, -0.2) is 4.39 Å². The molecular formula is C30H26Cl2FN5O4. The highest BCUT2D eigenvalue weighted by atomic mass is 35.5. The number of ether oxygens (including phenoxy) is 1. The zero-order chi connectivity index (χ0) is 29.8. The molecular weight excluding hydrogens is 584 g/mol. The first-order chi connectivity index (χ1) is 20.0. The Morgan fingerprint density at radius 1 is 1.12 bits per heavy atom. The van der Waals surface area contributed by atoms with Gasteiger partial charge in [0.1, 0.15) is 11.9 Å². The van der Waals surface area contributed by atoms with Crippen molar-refractivity contribution in [2.75, 3.05) is 6.61 Å². The number of hydrogen-bond acceptors (Lipinski definition) is 6. The van der Waals surface area contributed by atoms with Crippen molar-refractivity contribution in [2.24, 2.45) is 18.2 Å². The Bertz CT molecular complexity index is 1690. The number of nitrogens with two attached hydrogens (primary N) is 1. The normalized spacial score (nSPS) is 19.5. The van der Waals surface area contributed by atoms with E-state index in [1.54, 1.807) is 49.6 Å². The summed E-state index contributed by atoms with van der Waals surface area (Å²) in [5, 5.41) is 16.0. The molecule has 0 saturated heterocycles. The average Bonchev–Trinajstić information content (AvgIpc) is 3.59. The number of primary amides is 1. The molecule has 2 aliphatic rings. The molecule has 42 heavy (non-hydrogen) atoms. The van der Waals surface area contributed by atoms with Crippen LogP contribution in [-0.2, 0) is 28.8 Å². The van der Waals surface area contributed by atoms with Gasteiger partial charge in [0.2, 0.25) is 5.91 Å². The highest BCUT2D eigenvalue weighted by Crippen LogP contribution is 2.52. The lowest BCUT2D eigenvalue weighted by molar-refractivity contribution is -0.142. The first kappa shape index (κ1) is 28.3. The number of aromatic nitrogens is 3. The van der Waals surface area contributed by atoms with Crippen LogP contribution in [0.25, 0.3) is 0 Å². The van der Waals surface area contributed by atoms with Gasteiger partial charge >= 0.3 is 0 Å². The predicted molar refractivity (Wildman–Crippen MR) is 152 cm³/mol. The molecule has 2 amide bonds. The van der Waals surface area contributed by atoms with E-state index in [0.717, 1.165) is 0 Å². The van der Waals surface area contributed by atoms with Gasteiger partial charge in [-0.3, -0.25) is 24.2 Å². The molecule has 216 valence electrons.